The van der Waals surface area contributed by atoms with Crippen LogP contribution in [0.2, 0.25) is 0 Å². The number of rotatable bonds is 3. The minimum absolute atomic E-state index is 0.125. The van der Waals surface area contributed by atoms with Gasteiger partial charge in [-0.1, -0.05) is 48.5 Å². The molecule has 160 valence electrons. The quantitative estimate of drug-likeness (QED) is 0.438. The van der Waals surface area contributed by atoms with E-state index >= 15 is 0 Å². The first-order chi connectivity index (χ1) is 15.6. The highest BCUT2D eigenvalue weighted by Gasteiger charge is 2.35. The molecular formula is C28H25FN2O. The molecular weight excluding hydrogens is 399 g/mol. The van der Waals surface area contributed by atoms with Crippen LogP contribution < -0.4 is 5.56 Å². The maximum Gasteiger partial charge on any atom is 0.258 e. The Morgan fingerprint density at radius 2 is 1.66 bits per heavy atom. The van der Waals surface area contributed by atoms with Crippen molar-refractivity contribution in [2.75, 3.05) is 13.1 Å². The number of pyridine rings is 1. The summed E-state index contributed by atoms with van der Waals surface area (Å²) in [5, 5.41) is 2.34. The fourth-order valence-electron chi connectivity index (χ4n) is 5.60. The summed E-state index contributed by atoms with van der Waals surface area (Å²) in [6, 6.07) is 25.5. The Kier molecular flexibility index (Phi) is 4.69. The topological polar surface area (TPSA) is 25.2 Å². The van der Waals surface area contributed by atoms with Crippen LogP contribution in [0.5, 0.6) is 0 Å². The first-order valence-electron chi connectivity index (χ1n) is 11.3. The number of fused-ring (bicyclic) bond motifs is 5. The van der Waals surface area contributed by atoms with E-state index in [9.17, 15) is 9.18 Å². The second-order valence-corrected chi connectivity index (χ2v) is 9.27. The fourth-order valence-corrected chi connectivity index (χ4v) is 5.60. The van der Waals surface area contributed by atoms with Crippen LogP contribution in [-0.2, 0) is 13.1 Å². The van der Waals surface area contributed by atoms with E-state index in [0.29, 0.717) is 11.8 Å². The van der Waals surface area contributed by atoms with E-state index in [0.717, 1.165) is 60.4 Å². The van der Waals surface area contributed by atoms with Gasteiger partial charge in [0, 0.05) is 43.4 Å². The summed E-state index contributed by atoms with van der Waals surface area (Å²) in [5.74, 6) is 0.632. The highest BCUT2D eigenvalue weighted by atomic mass is 19.1. The summed E-state index contributed by atoms with van der Waals surface area (Å²) in [4.78, 5) is 16.0. The van der Waals surface area contributed by atoms with Gasteiger partial charge in [-0.25, -0.2) is 4.39 Å². The van der Waals surface area contributed by atoms with Crippen molar-refractivity contribution < 1.29 is 4.39 Å². The number of hydrogen-bond acceptors (Lipinski definition) is 2. The molecule has 0 amide bonds. The van der Waals surface area contributed by atoms with Crippen LogP contribution >= 0.6 is 0 Å². The van der Waals surface area contributed by atoms with Gasteiger partial charge in [0.15, 0.2) is 0 Å². The summed E-state index contributed by atoms with van der Waals surface area (Å²) < 4.78 is 15.3. The Balaban J connectivity index is 1.30. The van der Waals surface area contributed by atoms with Crippen molar-refractivity contribution in [1.82, 2.24) is 9.47 Å². The lowest BCUT2D eigenvalue weighted by Crippen LogP contribution is -2.46. The Morgan fingerprint density at radius 1 is 0.844 bits per heavy atom. The van der Waals surface area contributed by atoms with Gasteiger partial charge in [0.1, 0.15) is 5.82 Å². The van der Waals surface area contributed by atoms with Crippen LogP contribution in [0.25, 0.3) is 21.9 Å². The van der Waals surface area contributed by atoms with E-state index in [1.807, 2.05) is 34.9 Å². The average Bonchev–Trinajstić information content (AvgIpc) is 2.81. The molecule has 0 spiro atoms. The van der Waals surface area contributed by atoms with E-state index in [1.54, 1.807) is 0 Å². The molecule has 2 unspecified atom stereocenters. The van der Waals surface area contributed by atoms with Crippen LogP contribution in [0.15, 0.2) is 83.7 Å². The predicted octanol–water partition coefficient (Wildman–Crippen LogP) is 5.43. The van der Waals surface area contributed by atoms with Gasteiger partial charge in [-0.05, 0) is 64.6 Å². The normalized spacial score (nSPS) is 20.3. The van der Waals surface area contributed by atoms with E-state index in [4.69, 9.17) is 0 Å². The summed E-state index contributed by atoms with van der Waals surface area (Å²) in [6.45, 7) is 3.50. The Bertz CT molecular complexity index is 1360. The molecule has 3 nitrogen and oxygen atoms in total. The van der Waals surface area contributed by atoms with E-state index in [1.165, 1.54) is 17.5 Å². The third kappa shape index (κ3) is 3.45. The molecule has 2 aliphatic rings. The maximum atomic E-state index is 13.5. The number of nitrogens with zero attached hydrogens (tertiary/aromatic N) is 2. The van der Waals surface area contributed by atoms with Crippen molar-refractivity contribution in [2.45, 2.75) is 25.4 Å². The van der Waals surface area contributed by atoms with Crippen molar-refractivity contribution in [3.8, 4) is 11.1 Å². The third-order valence-electron chi connectivity index (χ3n) is 7.06. The smallest absolute Gasteiger partial charge is 0.258 e. The molecule has 0 saturated carbocycles. The van der Waals surface area contributed by atoms with Crippen LogP contribution in [-0.4, -0.2) is 22.6 Å². The van der Waals surface area contributed by atoms with Crippen LogP contribution in [0.4, 0.5) is 4.39 Å². The first-order valence-corrected chi connectivity index (χ1v) is 11.3. The monoisotopic (exact) mass is 424 g/mol. The predicted molar refractivity (Wildman–Crippen MR) is 126 cm³/mol. The number of piperidine rings is 1. The zero-order valence-corrected chi connectivity index (χ0v) is 17.9. The lowest BCUT2D eigenvalue weighted by molar-refractivity contribution is 0.114. The number of hydrogen-bond donors (Lipinski definition) is 0. The first kappa shape index (κ1) is 19.4. The largest absolute Gasteiger partial charge is 0.311 e. The molecule has 6 rings (SSSR count). The van der Waals surface area contributed by atoms with Gasteiger partial charge in [0.05, 0.1) is 0 Å². The summed E-state index contributed by atoms with van der Waals surface area (Å²) in [5.41, 5.74) is 4.18. The molecule has 2 atom stereocenters. The molecule has 1 aromatic heterocycles. The number of halogens is 1. The Morgan fingerprint density at radius 3 is 2.50 bits per heavy atom. The Labute approximate surface area is 186 Å². The minimum Gasteiger partial charge on any atom is -0.311 e. The summed E-state index contributed by atoms with van der Waals surface area (Å²) in [7, 11) is 0. The zero-order chi connectivity index (χ0) is 21.7. The Hall–Kier alpha value is -3.24. The van der Waals surface area contributed by atoms with Gasteiger partial charge in [-0.15, -0.1) is 0 Å². The molecule has 3 aromatic carbocycles. The van der Waals surface area contributed by atoms with Gasteiger partial charge < -0.3 is 4.57 Å². The fraction of sp³-hybridized carbons (Fsp3) is 0.250. The maximum absolute atomic E-state index is 13.5. The zero-order valence-electron chi connectivity index (χ0n) is 17.9. The SMILES string of the molecule is O=c1c(-c2ccc3ccccc3c2)ccc2n1CC1CC2CN(Cc2ccc(F)cc2)C1. The second-order valence-electron chi connectivity index (χ2n) is 9.27. The van der Waals surface area contributed by atoms with Crippen molar-refractivity contribution >= 4 is 10.8 Å². The molecule has 3 heterocycles. The lowest BCUT2D eigenvalue weighted by Gasteiger charge is -2.43. The van der Waals surface area contributed by atoms with Gasteiger partial charge >= 0.3 is 0 Å². The van der Waals surface area contributed by atoms with Gasteiger partial charge in [0.2, 0.25) is 0 Å². The average molecular weight is 425 g/mol. The van der Waals surface area contributed by atoms with E-state index in [-0.39, 0.29) is 11.4 Å². The van der Waals surface area contributed by atoms with Gasteiger partial charge in [-0.3, -0.25) is 9.69 Å². The van der Waals surface area contributed by atoms with E-state index < -0.39 is 0 Å². The van der Waals surface area contributed by atoms with Gasteiger partial charge in [0.25, 0.3) is 5.56 Å². The third-order valence-corrected chi connectivity index (χ3v) is 7.06. The molecule has 32 heavy (non-hydrogen) atoms. The second kappa shape index (κ2) is 7.72. The van der Waals surface area contributed by atoms with Crippen LogP contribution in [0.1, 0.15) is 23.6 Å². The molecule has 2 bridgehead atoms. The van der Waals surface area contributed by atoms with Crippen molar-refractivity contribution in [2.24, 2.45) is 5.92 Å². The number of likely N-dealkylation sites (tertiary alicyclic amines) is 1. The number of aromatic nitrogens is 1. The van der Waals surface area contributed by atoms with Crippen molar-refractivity contribution in [1.29, 1.82) is 0 Å². The standard InChI is InChI=1S/C28H25FN2O/c29-25-9-5-19(6-10-25)15-30-16-20-13-24(18-30)27-12-11-26(28(32)31(27)17-20)23-8-7-21-3-1-2-4-22(21)14-23/h1-12,14,20,24H,13,15-18H2. The summed E-state index contributed by atoms with van der Waals surface area (Å²) >= 11 is 0. The van der Waals surface area contributed by atoms with E-state index in [2.05, 4.69) is 41.3 Å². The van der Waals surface area contributed by atoms with Gasteiger partial charge in [-0.2, -0.15) is 0 Å². The summed E-state index contributed by atoms with van der Waals surface area (Å²) in [6.07, 6.45) is 1.13. The molecule has 0 aliphatic carbocycles. The van der Waals surface area contributed by atoms with Crippen LogP contribution in [0.3, 0.4) is 0 Å². The van der Waals surface area contributed by atoms with Crippen molar-refractivity contribution in [3.63, 3.8) is 0 Å². The molecule has 0 radical (unpaired) electrons. The van der Waals surface area contributed by atoms with Crippen molar-refractivity contribution in [3.05, 3.63) is 106 Å². The minimum atomic E-state index is -0.195. The number of benzene rings is 3. The lowest BCUT2D eigenvalue weighted by atomic mass is 9.82. The molecule has 4 aromatic rings. The van der Waals surface area contributed by atoms with Crippen LogP contribution in [0, 0.1) is 11.7 Å². The molecule has 1 fully saturated rings. The molecule has 1 saturated heterocycles. The molecule has 4 heteroatoms. The highest BCUT2D eigenvalue weighted by Crippen LogP contribution is 2.36. The molecule has 2 aliphatic heterocycles. The molecule has 0 N–H and O–H groups in total. The highest BCUT2D eigenvalue weighted by molar-refractivity contribution is 5.87.